The first-order valence-electron chi connectivity index (χ1n) is 10.0. The topological polar surface area (TPSA) is 88.6 Å². The zero-order valence-electron chi connectivity index (χ0n) is 18.0. The van der Waals surface area contributed by atoms with Crippen LogP contribution in [0.3, 0.4) is 0 Å². The van der Waals surface area contributed by atoms with Gasteiger partial charge in [-0.2, -0.15) is 5.26 Å². The molecule has 0 amide bonds. The van der Waals surface area contributed by atoms with Gasteiger partial charge in [0.15, 0.2) is 5.78 Å². The molecule has 0 aromatic heterocycles. The van der Waals surface area contributed by atoms with Gasteiger partial charge in [-0.1, -0.05) is 25.8 Å². The number of nitriles is 1. The van der Waals surface area contributed by atoms with Crippen molar-refractivity contribution in [3.05, 3.63) is 50.9 Å². The average Bonchev–Trinajstić information content (AvgIpc) is 2.70. The molecule has 1 heterocycles. The van der Waals surface area contributed by atoms with Gasteiger partial charge in [-0.05, 0) is 45.5 Å². The number of nitrogens with zero attached hydrogens (tertiary/aromatic N) is 2. The van der Waals surface area contributed by atoms with Crippen LogP contribution in [0, 0.1) is 29.1 Å². The van der Waals surface area contributed by atoms with Crippen LogP contribution in [0.15, 0.2) is 45.3 Å². The predicted octanol–water partition coefficient (Wildman–Crippen LogP) is 3.84. The third-order valence-electron chi connectivity index (χ3n) is 5.61. The maximum atomic E-state index is 13.4. The van der Waals surface area contributed by atoms with Gasteiger partial charge in [0.1, 0.15) is 18.2 Å². The normalized spacial score (nSPS) is 20.3. The Hall–Kier alpha value is -2.74. The molecule has 7 heteroatoms. The van der Waals surface area contributed by atoms with E-state index in [0.717, 1.165) is 11.3 Å². The van der Waals surface area contributed by atoms with Crippen molar-refractivity contribution in [1.82, 2.24) is 4.90 Å². The number of hydrogen-bond donors (Lipinski definition) is 1. The zero-order valence-corrected chi connectivity index (χ0v) is 19.6. The Labute approximate surface area is 191 Å². The van der Waals surface area contributed by atoms with Crippen LogP contribution in [0.2, 0.25) is 0 Å². The van der Waals surface area contributed by atoms with Crippen LogP contribution in [-0.4, -0.2) is 37.6 Å². The molecule has 0 bridgehead atoms. The highest BCUT2D eigenvalue weighted by molar-refractivity contribution is 9.10. The molecule has 2 N–H and O–H groups in total. The summed E-state index contributed by atoms with van der Waals surface area (Å²) < 4.78 is 11.5. The molecule has 0 saturated carbocycles. The number of rotatable bonds is 6. The summed E-state index contributed by atoms with van der Waals surface area (Å²) >= 11 is 3.52. The number of terminal acetylenes is 1. The lowest BCUT2D eigenvalue weighted by atomic mass is 9.68. The first-order chi connectivity index (χ1) is 14.7. The molecular weight excluding hydrogens is 458 g/mol. The van der Waals surface area contributed by atoms with Crippen LogP contribution in [0.4, 0.5) is 0 Å². The van der Waals surface area contributed by atoms with Gasteiger partial charge in [0.2, 0.25) is 0 Å². The molecule has 2 aliphatic rings. The van der Waals surface area contributed by atoms with Crippen molar-refractivity contribution in [3.8, 4) is 24.2 Å². The molecule has 6 nitrogen and oxygen atoms in total. The molecule has 0 fully saturated rings. The number of allylic oxidation sites excluding steroid dienone is 3. The first kappa shape index (κ1) is 22.9. The Balaban J connectivity index is 2.16. The van der Waals surface area contributed by atoms with Gasteiger partial charge in [-0.25, -0.2) is 0 Å². The Kier molecular flexibility index (Phi) is 6.79. The molecular formula is C24H26BrN3O3. The smallest absolute Gasteiger partial charge is 0.162 e. The SMILES string of the molecule is C#CCOc1ccc([C@@H]2C(C#N)=C(N)N(CCOC)C3=C2C(=O)CC(C)(C)C3)cc1Br. The van der Waals surface area contributed by atoms with Crippen molar-refractivity contribution < 1.29 is 14.3 Å². The van der Waals surface area contributed by atoms with E-state index in [1.54, 1.807) is 13.2 Å². The summed E-state index contributed by atoms with van der Waals surface area (Å²) in [5.41, 5.74) is 9.00. The van der Waals surface area contributed by atoms with E-state index in [2.05, 4.69) is 41.8 Å². The van der Waals surface area contributed by atoms with Crippen LogP contribution < -0.4 is 10.5 Å². The molecule has 162 valence electrons. The second-order valence-electron chi connectivity index (χ2n) is 8.47. The van der Waals surface area contributed by atoms with E-state index in [1.807, 2.05) is 17.0 Å². The van der Waals surface area contributed by atoms with Gasteiger partial charge in [-0.15, -0.1) is 6.42 Å². The summed E-state index contributed by atoms with van der Waals surface area (Å²) in [7, 11) is 1.62. The molecule has 1 aromatic carbocycles. The van der Waals surface area contributed by atoms with Crippen LogP contribution in [0.5, 0.6) is 5.75 Å². The number of hydrogen-bond acceptors (Lipinski definition) is 6. The number of carbonyl (C=O) groups is 1. The van der Waals surface area contributed by atoms with E-state index in [4.69, 9.17) is 21.6 Å². The Morgan fingerprint density at radius 3 is 2.74 bits per heavy atom. The van der Waals surface area contributed by atoms with Crippen LogP contribution in [0.1, 0.15) is 38.2 Å². The molecule has 3 rings (SSSR count). The van der Waals surface area contributed by atoms with Gasteiger partial charge >= 0.3 is 0 Å². The third-order valence-corrected chi connectivity index (χ3v) is 6.23. The minimum absolute atomic E-state index is 0.0442. The molecule has 1 aliphatic carbocycles. The van der Waals surface area contributed by atoms with E-state index in [9.17, 15) is 10.1 Å². The van der Waals surface area contributed by atoms with Gasteiger partial charge < -0.3 is 20.1 Å². The van der Waals surface area contributed by atoms with Crippen LogP contribution in [0.25, 0.3) is 0 Å². The highest BCUT2D eigenvalue weighted by Crippen LogP contribution is 2.49. The monoisotopic (exact) mass is 483 g/mol. The second kappa shape index (κ2) is 9.18. The standard InChI is InChI=1S/C24H26BrN3O3/c1-5-9-31-20-7-6-15(11-17(20)25)21-16(14-26)23(27)28(8-10-30-4)18-12-24(2,3)13-19(29)22(18)21/h1,6-7,11,21H,8-10,12-13,27H2,2-4H3/t21-/m1/s1. The summed E-state index contributed by atoms with van der Waals surface area (Å²) in [5, 5.41) is 10.0. The zero-order chi connectivity index (χ0) is 22.8. The van der Waals surface area contributed by atoms with E-state index < -0.39 is 5.92 Å². The maximum Gasteiger partial charge on any atom is 0.162 e. The van der Waals surface area contributed by atoms with Gasteiger partial charge in [0.05, 0.1) is 28.6 Å². The molecule has 0 spiro atoms. The van der Waals surface area contributed by atoms with Gasteiger partial charge in [-0.3, -0.25) is 4.79 Å². The Morgan fingerprint density at radius 2 is 2.13 bits per heavy atom. The van der Waals surface area contributed by atoms with E-state index in [-0.39, 0.29) is 17.8 Å². The summed E-state index contributed by atoms with van der Waals surface area (Å²) in [6.07, 6.45) is 6.39. The van der Waals surface area contributed by atoms with E-state index >= 15 is 0 Å². The number of ether oxygens (including phenoxy) is 2. The number of carbonyl (C=O) groups excluding carboxylic acids is 1. The van der Waals surface area contributed by atoms with Gasteiger partial charge in [0.25, 0.3) is 0 Å². The maximum absolute atomic E-state index is 13.4. The number of methoxy groups -OCH3 is 1. The third kappa shape index (κ3) is 4.49. The van der Waals surface area contributed by atoms with Crippen molar-refractivity contribution in [3.63, 3.8) is 0 Å². The lowest BCUT2D eigenvalue weighted by molar-refractivity contribution is -0.118. The lowest BCUT2D eigenvalue weighted by Crippen LogP contribution is -2.43. The molecule has 1 atom stereocenters. The number of benzene rings is 1. The van der Waals surface area contributed by atoms with Crippen molar-refractivity contribution in [2.45, 2.75) is 32.6 Å². The number of ketones is 1. The molecule has 0 saturated heterocycles. The molecule has 1 aliphatic heterocycles. The Bertz CT molecular complexity index is 1040. The predicted molar refractivity (Wildman–Crippen MR) is 122 cm³/mol. The largest absolute Gasteiger partial charge is 0.480 e. The fraction of sp³-hybridized carbons (Fsp3) is 0.417. The molecule has 1 aromatic rings. The lowest BCUT2D eigenvalue weighted by Gasteiger charge is -2.43. The second-order valence-corrected chi connectivity index (χ2v) is 9.33. The number of nitrogens with two attached hydrogens (primary N) is 1. The summed E-state index contributed by atoms with van der Waals surface area (Å²) in [5.74, 6) is 2.92. The quantitative estimate of drug-likeness (QED) is 0.618. The minimum atomic E-state index is -0.527. The minimum Gasteiger partial charge on any atom is -0.480 e. The fourth-order valence-electron chi connectivity index (χ4n) is 4.28. The fourth-order valence-corrected chi connectivity index (χ4v) is 4.79. The summed E-state index contributed by atoms with van der Waals surface area (Å²) in [6.45, 7) is 5.21. The van der Waals surface area contributed by atoms with Crippen molar-refractivity contribution in [2.75, 3.05) is 26.9 Å². The van der Waals surface area contributed by atoms with Crippen LogP contribution in [-0.2, 0) is 9.53 Å². The number of Topliss-reactive ketones (excluding diaryl/α,β-unsaturated/α-hetero) is 1. The molecule has 0 unspecified atom stereocenters. The van der Waals surface area contributed by atoms with Gasteiger partial charge in [0, 0.05) is 31.3 Å². The highest BCUT2D eigenvalue weighted by Gasteiger charge is 2.44. The van der Waals surface area contributed by atoms with E-state index in [1.165, 1.54) is 0 Å². The summed E-state index contributed by atoms with van der Waals surface area (Å²) in [4.78, 5) is 15.2. The van der Waals surface area contributed by atoms with Crippen molar-refractivity contribution in [2.24, 2.45) is 11.1 Å². The summed E-state index contributed by atoms with van der Waals surface area (Å²) in [6, 6.07) is 7.77. The van der Waals surface area contributed by atoms with Crippen molar-refractivity contribution in [1.29, 1.82) is 5.26 Å². The molecule has 31 heavy (non-hydrogen) atoms. The highest BCUT2D eigenvalue weighted by atomic mass is 79.9. The average molecular weight is 484 g/mol. The number of halogens is 1. The van der Waals surface area contributed by atoms with E-state index in [0.29, 0.717) is 53.2 Å². The van der Waals surface area contributed by atoms with Crippen molar-refractivity contribution >= 4 is 21.7 Å². The van der Waals surface area contributed by atoms with Crippen LogP contribution >= 0.6 is 15.9 Å². The first-order valence-corrected chi connectivity index (χ1v) is 10.8. The Morgan fingerprint density at radius 1 is 1.39 bits per heavy atom. The molecule has 0 radical (unpaired) electrons.